The highest BCUT2D eigenvalue weighted by molar-refractivity contribution is 5.81. The van der Waals surface area contributed by atoms with Crippen LogP contribution < -0.4 is 0 Å². The summed E-state index contributed by atoms with van der Waals surface area (Å²) in [7, 11) is 0. The van der Waals surface area contributed by atoms with Gasteiger partial charge in [-0.05, 0) is 18.6 Å². The average Bonchev–Trinajstić information content (AvgIpc) is 2.69. The Labute approximate surface area is 88.1 Å². The van der Waals surface area contributed by atoms with Gasteiger partial charge in [0, 0.05) is 0 Å². The van der Waals surface area contributed by atoms with Crippen molar-refractivity contribution in [1.82, 2.24) is 9.97 Å². The van der Waals surface area contributed by atoms with Crippen LogP contribution in [0.25, 0.3) is 16.6 Å². The first-order chi connectivity index (χ1) is 7.35. The second kappa shape index (κ2) is 3.97. The third-order valence-corrected chi connectivity index (χ3v) is 2.17. The predicted octanol–water partition coefficient (Wildman–Crippen LogP) is 2.88. The Hall–Kier alpha value is -2.08. The maximum absolute atomic E-state index is 8.96. The summed E-state index contributed by atoms with van der Waals surface area (Å²) < 4.78 is 0. The van der Waals surface area contributed by atoms with Crippen LogP contribution in [0.4, 0.5) is 0 Å². The van der Waals surface area contributed by atoms with Gasteiger partial charge < -0.3 is 4.98 Å². The van der Waals surface area contributed by atoms with Crippen molar-refractivity contribution in [2.45, 2.75) is 13.3 Å². The lowest BCUT2D eigenvalue weighted by molar-refractivity contribution is 1.20. The first-order valence-corrected chi connectivity index (χ1v) is 4.90. The molecule has 0 saturated carbocycles. The number of nitrogens with zero attached hydrogens (tertiary/aromatic N) is 2. The molecular weight excluding hydrogens is 186 g/mol. The van der Waals surface area contributed by atoms with Gasteiger partial charge in [0.1, 0.15) is 11.9 Å². The van der Waals surface area contributed by atoms with Crippen molar-refractivity contribution in [3.8, 4) is 6.07 Å². The third-order valence-electron chi connectivity index (χ3n) is 2.17. The van der Waals surface area contributed by atoms with Crippen molar-refractivity contribution < 1.29 is 0 Å². The Morgan fingerprint density at radius 2 is 2.33 bits per heavy atom. The number of imidazole rings is 1. The maximum atomic E-state index is 8.96. The van der Waals surface area contributed by atoms with Crippen molar-refractivity contribution in [1.29, 1.82) is 5.26 Å². The van der Waals surface area contributed by atoms with Gasteiger partial charge in [0.25, 0.3) is 0 Å². The fraction of sp³-hybridized carbons (Fsp3) is 0.167. The SMILES string of the molecule is CCC=C(C#N)c1nc2ccccc2[nH]1. The van der Waals surface area contributed by atoms with Crippen molar-refractivity contribution in [3.05, 3.63) is 36.2 Å². The van der Waals surface area contributed by atoms with E-state index in [0.29, 0.717) is 11.4 Å². The fourth-order valence-corrected chi connectivity index (χ4v) is 1.48. The molecule has 0 spiro atoms. The number of hydrogen-bond acceptors (Lipinski definition) is 2. The number of fused-ring (bicyclic) bond motifs is 1. The van der Waals surface area contributed by atoms with Gasteiger partial charge in [-0.25, -0.2) is 4.98 Å². The van der Waals surface area contributed by atoms with E-state index in [1.54, 1.807) is 0 Å². The van der Waals surface area contributed by atoms with E-state index < -0.39 is 0 Å². The molecule has 0 radical (unpaired) electrons. The monoisotopic (exact) mass is 197 g/mol. The molecule has 1 heterocycles. The summed E-state index contributed by atoms with van der Waals surface area (Å²) in [5.74, 6) is 0.653. The summed E-state index contributed by atoms with van der Waals surface area (Å²) in [6.45, 7) is 2.00. The van der Waals surface area contributed by atoms with Crippen LogP contribution in [0.3, 0.4) is 0 Å². The largest absolute Gasteiger partial charge is 0.337 e. The van der Waals surface area contributed by atoms with Gasteiger partial charge in [0.05, 0.1) is 16.6 Å². The number of para-hydroxylation sites is 2. The third kappa shape index (κ3) is 1.75. The van der Waals surface area contributed by atoms with E-state index in [9.17, 15) is 0 Å². The molecule has 2 rings (SSSR count). The molecule has 15 heavy (non-hydrogen) atoms. The van der Waals surface area contributed by atoms with Gasteiger partial charge >= 0.3 is 0 Å². The summed E-state index contributed by atoms with van der Waals surface area (Å²) in [5.41, 5.74) is 2.46. The normalized spacial score (nSPS) is 11.6. The van der Waals surface area contributed by atoms with E-state index in [1.807, 2.05) is 37.3 Å². The van der Waals surface area contributed by atoms with Crippen LogP contribution in [0.2, 0.25) is 0 Å². The highest BCUT2D eigenvalue weighted by Gasteiger charge is 2.05. The summed E-state index contributed by atoms with van der Waals surface area (Å²) in [6, 6.07) is 9.90. The molecule has 3 nitrogen and oxygen atoms in total. The van der Waals surface area contributed by atoms with Crippen LogP contribution >= 0.6 is 0 Å². The highest BCUT2D eigenvalue weighted by atomic mass is 14.9. The Morgan fingerprint density at radius 3 is 3.00 bits per heavy atom. The topological polar surface area (TPSA) is 52.5 Å². The molecule has 0 unspecified atom stereocenters. The number of nitriles is 1. The van der Waals surface area contributed by atoms with Crippen LogP contribution in [0, 0.1) is 11.3 Å². The number of allylic oxidation sites excluding steroid dienone is 2. The lowest BCUT2D eigenvalue weighted by atomic mass is 10.2. The second-order valence-electron chi connectivity index (χ2n) is 3.24. The van der Waals surface area contributed by atoms with Crippen LogP contribution in [-0.4, -0.2) is 9.97 Å². The van der Waals surface area contributed by atoms with E-state index in [1.165, 1.54) is 0 Å². The minimum atomic E-state index is 0.605. The lowest BCUT2D eigenvalue weighted by Crippen LogP contribution is -1.83. The standard InChI is InChI=1S/C12H11N3/c1-2-5-9(8-13)12-14-10-6-3-4-7-11(10)15-12/h3-7H,2H2,1H3,(H,14,15). The van der Waals surface area contributed by atoms with E-state index >= 15 is 0 Å². The average molecular weight is 197 g/mol. The predicted molar refractivity (Wildman–Crippen MR) is 60.0 cm³/mol. The quantitative estimate of drug-likeness (QED) is 0.752. The summed E-state index contributed by atoms with van der Waals surface area (Å²) in [4.78, 5) is 7.49. The summed E-state index contributed by atoms with van der Waals surface area (Å²) >= 11 is 0. The van der Waals surface area contributed by atoms with Gasteiger partial charge in [-0.1, -0.05) is 25.1 Å². The smallest absolute Gasteiger partial charge is 0.148 e. The molecule has 0 aliphatic carbocycles. The minimum absolute atomic E-state index is 0.605. The van der Waals surface area contributed by atoms with Crippen LogP contribution in [0.15, 0.2) is 30.3 Å². The van der Waals surface area contributed by atoms with Crippen LogP contribution in [-0.2, 0) is 0 Å². The minimum Gasteiger partial charge on any atom is -0.337 e. The molecule has 0 aliphatic rings. The van der Waals surface area contributed by atoms with E-state index in [0.717, 1.165) is 17.5 Å². The second-order valence-corrected chi connectivity index (χ2v) is 3.24. The summed E-state index contributed by atoms with van der Waals surface area (Å²) in [5, 5.41) is 8.96. The zero-order chi connectivity index (χ0) is 10.7. The number of benzene rings is 1. The van der Waals surface area contributed by atoms with Gasteiger partial charge in [-0.3, -0.25) is 0 Å². The van der Waals surface area contributed by atoms with Gasteiger partial charge in [-0.15, -0.1) is 0 Å². The van der Waals surface area contributed by atoms with Crippen LogP contribution in [0.5, 0.6) is 0 Å². The Kier molecular flexibility index (Phi) is 2.51. The molecule has 0 amide bonds. The van der Waals surface area contributed by atoms with Crippen molar-refractivity contribution in [2.24, 2.45) is 0 Å². The zero-order valence-corrected chi connectivity index (χ0v) is 8.49. The molecule has 0 atom stereocenters. The molecule has 3 heteroatoms. The Bertz CT molecular complexity index is 510. The number of hydrogen-bond donors (Lipinski definition) is 1. The van der Waals surface area contributed by atoms with Gasteiger partial charge in [0.2, 0.25) is 0 Å². The molecule has 1 aromatic carbocycles. The first-order valence-electron chi connectivity index (χ1n) is 4.90. The van der Waals surface area contributed by atoms with Gasteiger partial charge in [0.15, 0.2) is 0 Å². The molecule has 1 aromatic heterocycles. The van der Waals surface area contributed by atoms with Crippen molar-refractivity contribution in [3.63, 3.8) is 0 Å². The van der Waals surface area contributed by atoms with Crippen molar-refractivity contribution in [2.75, 3.05) is 0 Å². The number of aromatic nitrogens is 2. The van der Waals surface area contributed by atoms with E-state index in [-0.39, 0.29) is 0 Å². The van der Waals surface area contributed by atoms with Crippen molar-refractivity contribution >= 4 is 16.6 Å². The first kappa shape index (κ1) is 9.47. The van der Waals surface area contributed by atoms with E-state index in [4.69, 9.17) is 5.26 Å². The molecule has 2 aromatic rings. The molecule has 0 bridgehead atoms. The van der Waals surface area contributed by atoms with Crippen LogP contribution in [0.1, 0.15) is 19.2 Å². The number of aromatic amines is 1. The Morgan fingerprint density at radius 1 is 1.53 bits per heavy atom. The summed E-state index contributed by atoms with van der Waals surface area (Å²) in [6.07, 6.45) is 2.71. The molecule has 0 fully saturated rings. The Balaban J connectivity index is 2.54. The maximum Gasteiger partial charge on any atom is 0.148 e. The molecule has 74 valence electrons. The number of rotatable bonds is 2. The zero-order valence-electron chi connectivity index (χ0n) is 8.49. The highest BCUT2D eigenvalue weighted by Crippen LogP contribution is 2.16. The fourth-order valence-electron chi connectivity index (χ4n) is 1.48. The lowest BCUT2D eigenvalue weighted by Gasteiger charge is -1.89. The molecule has 1 N–H and O–H groups in total. The van der Waals surface area contributed by atoms with E-state index in [2.05, 4.69) is 16.0 Å². The molecular formula is C12H11N3. The molecule has 0 aliphatic heterocycles. The number of H-pyrrole nitrogens is 1. The molecule has 0 saturated heterocycles. The van der Waals surface area contributed by atoms with Gasteiger partial charge in [-0.2, -0.15) is 5.26 Å². The number of nitrogens with one attached hydrogen (secondary N) is 1.